The van der Waals surface area contributed by atoms with Crippen LogP contribution < -0.4 is 5.32 Å². The lowest BCUT2D eigenvalue weighted by Crippen LogP contribution is -2.24. The second-order valence-electron chi connectivity index (χ2n) is 4.26. The molecule has 21 heavy (non-hydrogen) atoms. The minimum Gasteiger partial charge on any atom is -0.480 e. The molecule has 0 fully saturated rings. The first-order chi connectivity index (χ1) is 9.90. The van der Waals surface area contributed by atoms with Crippen molar-refractivity contribution < 1.29 is 19.1 Å². The van der Waals surface area contributed by atoms with Gasteiger partial charge in [0.25, 0.3) is 5.91 Å². The highest BCUT2D eigenvalue weighted by molar-refractivity contribution is 6.31. The van der Waals surface area contributed by atoms with Crippen molar-refractivity contribution in [3.05, 3.63) is 47.0 Å². The third kappa shape index (κ3) is 3.19. The molecule has 2 N–H and O–H groups in total. The highest BCUT2D eigenvalue weighted by Crippen LogP contribution is 2.20. The van der Waals surface area contributed by atoms with Crippen LogP contribution in [0.5, 0.6) is 0 Å². The molecule has 0 radical (unpaired) electrons. The average molecular weight is 312 g/mol. The molecule has 1 unspecified atom stereocenters. The molecule has 0 aliphatic carbocycles. The lowest BCUT2D eigenvalue weighted by molar-refractivity contribution is -0.140. The summed E-state index contributed by atoms with van der Waals surface area (Å²) in [7, 11) is 0. The van der Waals surface area contributed by atoms with Gasteiger partial charge in [-0.25, -0.2) is 13.9 Å². The third-order valence-corrected chi connectivity index (χ3v) is 3.09. The molecule has 0 spiro atoms. The molecule has 1 heterocycles. The molecule has 1 amide bonds. The minimum absolute atomic E-state index is 0.0744. The average Bonchev–Trinajstić information content (AvgIpc) is 2.91. The number of benzene rings is 1. The monoisotopic (exact) mass is 311 g/mol. The van der Waals surface area contributed by atoms with Crippen LogP contribution in [0.2, 0.25) is 5.02 Å². The molecule has 0 saturated heterocycles. The zero-order valence-electron chi connectivity index (χ0n) is 10.9. The second-order valence-corrected chi connectivity index (χ2v) is 4.67. The van der Waals surface area contributed by atoms with E-state index in [2.05, 4.69) is 10.4 Å². The number of carbonyl (C=O) groups is 2. The minimum atomic E-state index is -1.11. The van der Waals surface area contributed by atoms with E-state index >= 15 is 0 Å². The lowest BCUT2D eigenvalue weighted by atomic mass is 10.3. The van der Waals surface area contributed by atoms with Crippen molar-refractivity contribution in [2.24, 2.45) is 0 Å². The molecule has 0 bridgehead atoms. The van der Waals surface area contributed by atoms with E-state index in [0.29, 0.717) is 5.69 Å². The summed E-state index contributed by atoms with van der Waals surface area (Å²) in [6, 6.07) is 4.13. The highest BCUT2D eigenvalue weighted by Gasteiger charge is 2.21. The Balaban J connectivity index is 2.23. The first kappa shape index (κ1) is 15.0. The van der Waals surface area contributed by atoms with Crippen LogP contribution in [0.25, 0.3) is 0 Å². The SMILES string of the molecule is CC(C(=O)O)n1nccc1C(=O)Nc1ccc(F)c(Cl)c1. The molecule has 0 saturated carbocycles. The van der Waals surface area contributed by atoms with E-state index < -0.39 is 23.7 Å². The van der Waals surface area contributed by atoms with Crippen LogP contribution in [0.3, 0.4) is 0 Å². The Morgan fingerprint density at radius 3 is 2.76 bits per heavy atom. The maximum absolute atomic E-state index is 13.0. The Bertz CT molecular complexity index is 702. The largest absolute Gasteiger partial charge is 0.480 e. The molecule has 1 aromatic heterocycles. The van der Waals surface area contributed by atoms with Crippen LogP contribution in [0.1, 0.15) is 23.5 Å². The maximum Gasteiger partial charge on any atom is 0.328 e. The summed E-state index contributed by atoms with van der Waals surface area (Å²) in [6.45, 7) is 1.40. The summed E-state index contributed by atoms with van der Waals surface area (Å²) in [5.74, 6) is -2.28. The number of carboxylic acids is 1. The van der Waals surface area contributed by atoms with Crippen molar-refractivity contribution in [3.63, 3.8) is 0 Å². The molecule has 0 aliphatic rings. The summed E-state index contributed by atoms with van der Waals surface area (Å²) < 4.78 is 14.1. The van der Waals surface area contributed by atoms with Crippen molar-refractivity contribution in [2.45, 2.75) is 13.0 Å². The van der Waals surface area contributed by atoms with Gasteiger partial charge in [0.15, 0.2) is 0 Å². The summed E-state index contributed by atoms with van der Waals surface area (Å²) in [6.07, 6.45) is 1.33. The number of carboxylic acid groups (broad SMARTS) is 1. The van der Waals surface area contributed by atoms with Gasteiger partial charge in [-0.15, -0.1) is 0 Å². The van der Waals surface area contributed by atoms with Crippen molar-refractivity contribution in [3.8, 4) is 0 Å². The first-order valence-electron chi connectivity index (χ1n) is 5.93. The number of hydrogen-bond acceptors (Lipinski definition) is 3. The number of aromatic nitrogens is 2. The fourth-order valence-corrected chi connectivity index (χ4v) is 1.86. The number of amides is 1. The van der Waals surface area contributed by atoms with E-state index in [1.54, 1.807) is 0 Å². The van der Waals surface area contributed by atoms with Crippen molar-refractivity contribution in [2.75, 3.05) is 5.32 Å². The number of rotatable bonds is 4. The maximum atomic E-state index is 13.0. The normalized spacial score (nSPS) is 12.0. The fourth-order valence-electron chi connectivity index (χ4n) is 1.68. The topological polar surface area (TPSA) is 84.2 Å². The Labute approximate surface area is 124 Å². The van der Waals surface area contributed by atoms with Gasteiger partial charge in [-0.1, -0.05) is 11.6 Å². The molecule has 2 aromatic rings. The van der Waals surface area contributed by atoms with E-state index in [1.165, 1.54) is 31.3 Å². The molecule has 1 aromatic carbocycles. The van der Waals surface area contributed by atoms with E-state index in [1.807, 2.05) is 0 Å². The quantitative estimate of drug-likeness (QED) is 0.909. The Hall–Kier alpha value is -2.41. The molecule has 1 atom stereocenters. The van der Waals surface area contributed by atoms with Crippen molar-refractivity contribution >= 4 is 29.2 Å². The summed E-state index contributed by atoms with van der Waals surface area (Å²) in [4.78, 5) is 23.1. The number of aliphatic carboxylic acids is 1. The summed E-state index contributed by atoms with van der Waals surface area (Å²) >= 11 is 5.62. The number of halogens is 2. The van der Waals surface area contributed by atoms with Gasteiger partial charge in [-0.3, -0.25) is 4.79 Å². The van der Waals surface area contributed by atoms with Crippen LogP contribution in [0.4, 0.5) is 10.1 Å². The number of carbonyl (C=O) groups excluding carboxylic acids is 1. The number of nitrogens with zero attached hydrogens (tertiary/aromatic N) is 2. The highest BCUT2D eigenvalue weighted by atomic mass is 35.5. The predicted octanol–water partition coefficient (Wildman–Crippen LogP) is 2.57. The predicted molar refractivity (Wildman–Crippen MR) is 73.9 cm³/mol. The van der Waals surface area contributed by atoms with Gasteiger partial charge in [0.05, 0.1) is 5.02 Å². The van der Waals surface area contributed by atoms with Gasteiger partial charge < -0.3 is 10.4 Å². The molecule has 110 valence electrons. The molecule has 6 nitrogen and oxygen atoms in total. The van der Waals surface area contributed by atoms with Crippen LogP contribution in [0.15, 0.2) is 30.5 Å². The van der Waals surface area contributed by atoms with Gasteiger partial charge >= 0.3 is 5.97 Å². The number of hydrogen-bond donors (Lipinski definition) is 2. The van der Waals surface area contributed by atoms with E-state index in [9.17, 15) is 14.0 Å². The Morgan fingerprint density at radius 2 is 2.14 bits per heavy atom. The zero-order valence-corrected chi connectivity index (χ0v) is 11.6. The number of nitrogens with one attached hydrogen (secondary N) is 1. The van der Waals surface area contributed by atoms with Gasteiger partial charge in [0.1, 0.15) is 17.6 Å². The fraction of sp³-hybridized carbons (Fsp3) is 0.154. The van der Waals surface area contributed by atoms with Crippen LogP contribution in [-0.2, 0) is 4.79 Å². The summed E-state index contributed by atoms with van der Waals surface area (Å²) in [5.41, 5.74) is 0.368. The number of anilines is 1. The second kappa shape index (κ2) is 5.92. The standard InChI is InChI=1S/C13H11ClFN3O3/c1-7(13(20)21)18-11(4-5-16-18)12(19)17-8-2-3-10(15)9(14)6-8/h2-7H,1H3,(H,17,19)(H,20,21). The van der Waals surface area contributed by atoms with E-state index in [4.69, 9.17) is 16.7 Å². The molecular formula is C13H11ClFN3O3. The molecule has 0 aliphatic heterocycles. The van der Waals surface area contributed by atoms with Crippen molar-refractivity contribution in [1.29, 1.82) is 0 Å². The van der Waals surface area contributed by atoms with E-state index in [0.717, 1.165) is 10.7 Å². The van der Waals surface area contributed by atoms with E-state index in [-0.39, 0.29) is 10.7 Å². The van der Waals surface area contributed by atoms with Crippen LogP contribution in [0, 0.1) is 5.82 Å². The Morgan fingerprint density at radius 1 is 1.43 bits per heavy atom. The van der Waals surface area contributed by atoms with Crippen LogP contribution >= 0.6 is 11.6 Å². The smallest absolute Gasteiger partial charge is 0.328 e. The van der Waals surface area contributed by atoms with Crippen molar-refractivity contribution in [1.82, 2.24) is 9.78 Å². The third-order valence-electron chi connectivity index (χ3n) is 2.80. The molecule has 8 heteroatoms. The Kier molecular flexibility index (Phi) is 4.23. The zero-order chi connectivity index (χ0) is 15.6. The lowest BCUT2D eigenvalue weighted by Gasteiger charge is -2.11. The first-order valence-corrected chi connectivity index (χ1v) is 6.30. The van der Waals surface area contributed by atoms with Crippen LogP contribution in [-0.4, -0.2) is 26.8 Å². The van der Waals surface area contributed by atoms with Gasteiger partial charge in [0, 0.05) is 11.9 Å². The molecule has 2 rings (SSSR count). The van der Waals surface area contributed by atoms with Gasteiger partial charge in [0.2, 0.25) is 0 Å². The van der Waals surface area contributed by atoms with Gasteiger partial charge in [-0.2, -0.15) is 5.10 Å². The van der Waals surface area contributed by atoms with Gasteiger partial charge in [-0.05, 0) is 31.2 Å². The summed E-state index contributed by atoms with van der Waals surface area (Å²) in [5, 5.41) is 15.2. The molecular weight excluding hydrogens is 301 g/mol.